The summed E-state index contributed by atoms with van der Waals surface area (Å²) in [7, 11) is 1.37. The molecule has 0 amide bonds. The number of rotatable bonds is 3. The first kappa shape index (κ1) is 15.0. The number of aryl methyl sites for hydroxylation is 1. The number of fused-ring (bicyclic) bond motifs is 1. The van der Waals surface area contributed by atoms with Gasteiger partial charge in [-0.05, 0) is 19.8 Å². The van der Waals surface area contributed by atoms with E-state index < -0.39 is 5.97 Å². The van der Waals surface area contributed by atoms with E-state index in [4.69, 9.17) is 4.74 Å². The Morgan fingerprint density at radius 3 is 3.17 bits per heavy atom. The minimum absolute atomic E-state index is 0.0857. The maximum atomic E-state index is 11.8. The largest absolute Gasteiger partial charge is 0.464 e. The van der Waals surface area contributed by atoms with Gasteiger partial charge in [-0.25, -0.2) is 14.8 Å². The van der Waals surface area contributed by atoms with Crippen LogP contribution in [0.3, 0.4) is 0 Å². The number of esters is 1. The van der Waals surface area contributed by atoms with E-state index in [0.717, 1.165) is 40.7 Å². The molecule has 0 spiro atoms. The van der Waals surface area contributed by atoms with Gasteiger partial charge in [0.2, 0.25) is 5.65 Å². The Morgan fingerprint density at radius 2 is 2.33 bits per heavy atom. The Hall–Kier alpha value is -2.55. The average molecular weight is 344 g/mol. The van der Waals surface area contributed by atoms with E-state index >= 15 is 0 Å². The Bertz CT molecular complexity index is 904. The third-order valence-electron chi connectivity index (χ3n) is 4.20. The number of hydrogen-bond donors (Lipinski definition) is 0. The quantitative estimate of drug-likeness (QED) is 0.672. The molecule has 0 aromatic carbocycles. The zero-order chi connectivity index (χ0) is 16.7. The summed E-state index contributed by atoms with van der Waals surface area (Å²) in [6.07, 6.45) is 7.23. The smallest absolute Gasteiger partial charge is 0.357 e. The van der Waals surface area contributed by atoms with Crippen LogP contribution in [0.2, 0.25) is 0 Å². The number of carbonyl (C=O) groups excluding carboxylic acids is 1. The third-order valence-corrected chi connectivity index (χ3v) is 5.27. The van der Waals surface area contributed by atoms with E-state index in [0.29, 0.717) is 5.69 Å². The Balaban J connectivity index is 1.73. The van der Waals surface area contributed by atoms with E-state index in [2.05, 4.69) is 25.1 Å². The van der Waals surface area contributed by atoms with Crippen molar-refractivity contribution in [2.75, 3.05) is 18.6 Å². The lowest BCUT2D eigenvalue weighted by atomic mass is 10.2. The number of hydrogen-bond acceptors (Lipinski definition) is 8. The fourth-order valence-corrected chi connectivity index (χ4v) is 4.13. The Labute approximate surface area is 142 Å². The number of carbonyl (C=O) groups is 1. The predicted octanol–water partition coefficient (Wildman–Crippen LogP) is 2.02. The summed E-state index contributed by atoms with van der Waals surface area (Å²) >= 11 is 1.54. The Morgan fingerprint density at radius 1 is 1.46 bits per heavy atom. The van der Waals surface area contributed by atoms with Crippen LogP contribution in [0.15, 0.2) is 18.7 Å². The second-order valence-electron chi connectivity index (χ2n) is 5.61. The van der Waals surface area contributed by atoms with Gasteiger partial charge in [-0.3, -0.25) is 4.40 Å². The predicted molar refractivity (Wildman–Crippen MR) is 88.3 cm³/mol. The van der Waals surface area contributed by atoms with E-state index in [-0.39, 0.29) is 6.04 Å². The van der Waals surface area contributed by atoms with Crippen LogP contribution in [0, 0.1) is 6.92 Å². The van der Waals surface area contributed by atoms with Crippen LogP contribution in [-0.2, 0) is 4.74 Å². The molecule has 3 aromatic heterocycles. The summed E-state index contributed by atoms with van der Waals surface area (Å²) in [4.78, 5) is 23.9. The molecule has 1 aliphatic rings. The molecule has 0 saturated carbocycles. The zero-order valence-corrected chi connectivity index (χ0v) is 14.2. The topological polar surface area (TPSA) is 85.5 Å². The molecule has 3 aromatic rings. The van der Waals surface area contributed by atoms with Crippen LogP contribution in [-0.4, -0.2) is 44.2 Å². The van der Waals surface area contributed by atoms with Gasteiger partial charge in [0.15, 0.2) is 11.5 Å². The Kier molecular flexibility index (Phi) is 3.64. The number of methoxy groups -OCH3 is 1. The molecule has 1 atom stereocenters. The van der Waals surface area contributed by atoms with Crippen LogP contribution < -0.4 is 4.90 Å². The molecule has 0 unspecified atom stereocenters. The normalized spacial score (nSPS) is 17.6. The number of thiazole rings is 1. The minimum atomic E-state index is -0.391. The standard InChI is InChI=1S/C15H16N6O2S/c1-9-11(15(22)23-2)18-14(24-9)10-4-3-6-21(10)12-13-19-17-8-20(13)7-5-16-12/h5,7-8,10H,3-4,6H2,1-2H3/t10-/m1/s1. The molecule has 0 bridgehead atoms. The summed E-state index contributed by atoms with van der Waals surface area (Å²) in [6, 6.07) is 0.0857. The second-order valence-corrected chi connectivity index (χ2v) is 6.85. The van der Waals surface area contributed by atoms with Crippen molar-refractivity contribution in [3.05, 3.63) is 34.3 Å². The zero-order valence-electron chi connectivity index (χ0n) is 13.3. The van der Waals surface area contributed by atoms with E-state index in [1.165, 1.54) is 18.4 Å². The van der Waals surface area contributed by atoms with Crippen molar-refractivity contribution in [1.29, 1.82) is 0 Å². The summed E-state index contributed by atoms with van der Waals surface area (Å²) in [5, 5.41) is 9.04. The molecule has 1 saturated heterocycles. The van der Waals surface area contributed by atoms with Crippen molar-refractivity contribution in [3.8, 4) is 0 Å². The third kappa shape index (κ3) is 2.32. The molecule has 8 nitrogen and oxygen atoms in total. The van der Waals surface area contributed by atoms with Crippen LogP contribution in [0.1, 0.15) is 39.3 Å². The maximum Gasteiger partial charge on any atom is 0.357 e. The first-order valence-electron chi connectivity index (χ1n) is 7.65. The first-order chi connectivity index (χ1) is 11.7. The number of nitrogens with zero attached hydrogens (tertiary/aromatic N) is 6. The minimum Gasteiger partial charge on any atom is -0.464 e. The van der Waals surface area contributed by atoms with Crippen molar-refractivity contribution in [2.45, 2.75) is 25.8 Å². The second kappa shape index (κ2) is 5.82. The number of anilines is 1. The van der Waals surface area contributed by atoms with Crippen molar-refractivity contribution in [3.63, 3.8) is 0 Å². The highest BCUT2D eigenvalue weighted by Gasteiger charge is 2.32. The lowest BCUT2D eigenvalue weighted by Crippen LogP contribution is -2.24. The highest BCUT2D eigenvalue weighted by Crippen LogP contribution is 2.38. The number of aromatic nitrogens is 5. The monoisotopic (exact) mass is 344 g/mol. The van der Waals surface area contributed by atoms with Crippen molar-refractivity contribution < 1.29 is 9.53 Å². The molecule has 1 fully saturated rings. The fourth-order valence-electron chi connectivity index (χ4n) is 3.07. The van der Waals surface area contributed by atoms with Gasteiger partial charge in [0, 0.05) is 23.8 Å². The number of ether oxygens (including phenoxy) is 1. The van der Waals surface area contributed by atoms with E-state index in [9.17, 15) is 4.79 Å². The highest BCUT2D eigenvalue weighted by atomic mass is 32.1. The molecule has 9 heteroatoms. The summed E-state index contributed by atoms with van der Waals surface area (Å²) in [5.74, 6) is 0.405. The van der Waals surface area contributed by atoms with Crippen molar-refractivity contribution in [2.24, 2.45) is 0 Å². The molecule has 0 aliphatic carbocycles. The van der Waals surface area contributed by atoms with Gasteiger partial charge in [-0.15, -0.1) is 21.5 Å². The summed E-state index contributed by atoms with van der Waals surface area (Å²) in [6.45, 7) is 2.76. The average Bonchev–Trinajstić information content (AvgIpc) is 3.32. The van der Waals surface area contributed by atoms with Gasteiger partial charge in [-0.2, -0.15) is 0 Å². The molecule has 0 N–H and O–H groups in total. The molecule has 4 heterocycles. The van der Waals surface area contributed by atoms with Crippen molar-refractivity contribution >= 4 is 28.8 Å². The van der Waals surface area contributed by atoms with Crippen LogP contribution in [0.25, 0.3) is 5.65 Å². The van der Waals surface area contributed by atoms with Gasteiger partial charge in [0.25, 0.3) is 0 Å². The fraction of sp³-hybridized carbons (Fsp3) is 0.400. The van der Waals surface area contributed by atoms with Crippen LogP contribution in [0.4, 0.5) is 5.82 Å². The maximum absolute atomic E-state index is 11.8. The lowest BCUT2D eigenvalue weighted by molar-refractivity contribution is 0.0594. The summed E-state index contributed by atoms with van der Waals surface area (Å²) in [5.41, 5.74) is 1.13. The SMILES string of the molecule is COC(=O)c1nc([C@H]2CCCN2c2nccn3cnnc23)sc1C. The molecule has 1 aliphatic heterocycles. The molecule has 24 heavy (non-hydrogen) atoms. The van der Waals surface area contributed by atoms with E-state index in [1.54, 1.807) is 12.5 Å². The summed E-state index contributed by atoms with van der Waals surface area (Å²) < 4.78 is 6.66. The lowest BCUT2D eigenvalue weighted by Gasteiger charge is -2.24. The van der Waals surface area contributed by atoms with Gasteiger partial charge in [0.05, 0.1) is 13.2 Å². The molecule has 0 radical (unpaired) electrons. The van der Waals surface area contributed by atoms with Crippen molar-refractivity contribution in [1.82, 2.24) is 24.6 Å². The molecular weight excluding hydrogens is 328 g/mol. The molecular formula is C15H16N6O2S. The van der Waals surface area contributed by atoms with E-state index in [1.807, 2.05) is 17.5 Å². The molecule has 124 valence electrons. The van der Waals surface area contributed by atoms with Gasteiger partial charge < -0.3 is 9.64 Å². The van der Waals surface area contributed by atoms with Crippen LogP contribution in [0.5, 0.6) is 0 Å². The van der Waals surface area contributed by atoms with Crippen LogP contribution >= 0.6 is 11.3 Å². The highest BCUT2D eigenvalue weighted by molar-refractivity contribution is 7.12. The van der Waals surface area contributed by atoms with Gasteiger partial charge in [0.1, 0.15) is 11.3 Å². The van der Waals surface area contributed by atoms with Gasteiger partial charge >= 0.3 is 5.97 Å². The first-order valence-corrected chi connectivity index (χ1v) is 8.47. The van der Waals surface area contributed by atoms with Gasteiger partial charge in [-0.1, -0.05) is 0 Å². The molecule has 4 rings (SSSR count).